The summed E-state index contributed by atoms with van der Waals surface area (Å²) in [7, 11) is 0. The van der Waals surface area contributed by atoms with E-state index in [4.69, 9.17) is 9.84 Å². The molecule has 25 heavy (non-hydrogen) atoms. The molecule has 0 aromatic heterocycles. The molecule has 4 heteroatoms. The number of nitrogens with one attached hydrogen (secondary N) is 1. The van der Waals surface area contributed by atoms with Gasteiger partial charge in [0.2, 0.25) is 0 Å². The monoisotopic (exact) mass is 341 g/mol. The highest BCUT2D eigenvalue weighted by atomic mass is 16.5. The van der Waals surface area contributed by atoms with Crippen molar-refractivity contribution in [1.29, 1.82) is 0 Å². The van der Waals surface area contributed by atoms with Gasteiger partial charge in [0.15, 0.2) is 5.60 Å². The maximum Gasteiger partial charge on any atom is 0.347 e. The van der Waals surface area contributed by atoms with Crippen molar-refractivity contribution in [2.24, 2.45) is 0 Å². The standard InChI is InChI=1S/C21H27NO3/c1-15-12-16(2)14-18(13-15)22-11-5-6-17-7-9-19(10-8-17)25-21(3,4)20(23)24/h7-10,12-14,22H,5-6,11H2,1-4H3,(H,23,24). The van der Waals surface area contributed by atoms with Gasteiger partial charge in [-0.25, -0.2) is 4.79 Å². The molecule has 0 aliphatic heterocycles. The fraction of sp³-hybridized carbons (Fsp3) is 0.381. The minimum Gasteiger partial charge on any atom is -0.478 e. The topological polar surface area (TPSA) is 58.6 Å². The summed E-state index contributed by atoms with van der Waals surface area (Å²) in [6, 6.07) is 14.1. The van der Waals surface area contributed by atoms with Gasteiger partial charge < -0.3 is 15.2 Å². The Morgan fingerprint density at radius 3 is 2.24 bits per heavy atom. The number of aryl methyl sites for hydroxylation is 3. The van der Waals surface area contributed by atoms with Gasteiger partial charge in [-0.1, -0.05) is 18.2 Å². The van der Waals surface area contributed by atoms with Crippen LogP contribution in [-0.2, 0) is 11.2 Å². The van der Waals surface area contributed by atoms with Crippen LogP contribution < -0.4 is 10.1 Å². The molecule has 4 nitrogen and oxygen atoms in total. The highest BCUT2D eigenvalue weighted by Crippen LogP contribution is 2.20. The molecular weight excluding hydrogens is 314 g/mol. The van der Waals surface area contributed by atoms with Gasteiger partial charge in [-0.05, 0) is 81.5 Å². The van der Waals surface area contributed by atoms with Crippen molar-refractivity contribution in [3.8, 4) is 5.75 Å². The Kier molecular flexibility index (Phi) is 6.07. The Morgan fingerprint density at radius 2 is 1.68 bits per heavy atom. The van der Waals surface area contributed by atoms with Crippen LogP contribution in [-0.4, -0.2) is 23.2 Å². The van der Waals surface area contributed by atoms with Crippen LogP contribution in [0.5, 0.6) is 5.75 Å². The summed E-state index contributed by atoms with van der Waals surface area (Å²) in [4.78, 5) is 11.1. The average Bonchev–Trinajstić information content (AvgIpc) is 2.52. The molecular formula is C21H27NO3. The molecule has 0 saturated heterocycles. The number of anilines is 1. The Hall–Kier alpha value is -2.49. The van der Waals surface area contributed by atoms with E-state index < -0.39 is 11.6 Å². The fourth-order valence-electron chi connectivity index (χ4n) is 2.66. The lowest BCUT2D eigenvalue weighted by molar-refractivity contribution is -0.152. The van der Waals surface area contributed by atoms with Crippen LogP contribution in [0.3, 0.4) is 0 Å². The molecule has 0 bridgehead atoms. The van der Waals surface area contributed by atoms with E-state index in [9.17, 15) is 4.79 Å². The van der Waals surface area contributed by atoms with Gasteiger partial charge in [0, 0.05) is 12.2 Å². The lowest BCUT2D eigenvalue weighted by atomic mass is 10.1. The van der Waals surface area contributed by atoms with Crippen molar-refractivity contribution in [3.63, 3.8) is 0 Å². The van der Waals surface area contributed by atoms with Gasteiger partial charge in [-0.2, -0.15) is 0 Å². The average molecular weight is 341 g/mol. The zero-order valence-corrected chi connectivity index (χ0v) is 15.4. The third-order valence-electron chi connectivity index (χ3n) is 4.00. The number of benzene rings is 2. The second-order valence-electron chi connectivity index (χ2n) is 6.97. The molecule has 0 radical (unpaired) electrons. The van der Waals surface area contributed by atoms with Crippen LogP contribution in [0.15, 0.2) is 42.5 Å². The van der Waals surface area contributed by atoms with E-state index in [-0.39, 0.29) is 0 Å². The summed E-state index contributed by atoms with van der Waals surface area (Å²) in [5.74, 6) is -0.404. The normalized spacial score (nSPS) is 11.2. The SMILES string of the molecule is Cc1cc(C)cc(NCCCc2ccc(OC(C)(C)C(=O)O)cc2)c1. The van der Waals surface area contributed by atoms with Crippen LogP contribution in [0.1, 0.15) is 37.0 Å². The van der Waals surface area contributed by atoms with E-state index in [1.54, 1.807) is 13.8 Å². The molecule has 2 rings (SSSR count). The molecule has 0 spiro atoms. The van der Waals surface area contributed by atoms with Crippen molar-refractivity contribution >= 4 is 11.7 Å². The van der Waals surface area contributed by atoms with Gasteiger partial charge in [0.05, 0.1) is 0 Å². The van der Waals surface area contributed by atoms with Gasteiger partial charge in [-0.3, -0.25) is 0 Å². The maximum atomic E-state index is 11.1. The van der Waals surface area contributed by atoms with Crippen molar-refractivity contribution < 1.29 is 14.6 Å². The summed E-state index contributed by atoms with van der Waals surface area (Å²) in [5.41, 5.74) is 3.68. The largest absolute Gasteiger partial charge is 0.478 e. The molecule has 134 valence electrons. The number of hydrogen-bond acceptors (Lipinski definition) is 3. The molecule has 0 saturated carbocycles. The van der Waals surface area contributed by atoms with E-state index in [2.05, 4.69) is 37.4 Å². The van der Waals surface area contributed by atoms with Crippen molar-refractivity contribution in [1.82, 2.24) is 0 Å². The van der Waals surface area contributed by atoms with E-state index in [1.165, 1.54) is 16.7 Å². The number of carboxylic acid groups (broad SMARTS) is 1. The third kappa shape index (κ3) is 5.82. The molecule has 2 aromatic rings. The number of carboxylic acids is 1. The molecule has 0 unspecified atom stereocenters. The molecule has 0 amide bonds. The van der Waals surface area contributed by atoms with Crippen molar-refractivity contribution in [2.45, 2.75) is 46.1 Å². The summed E-state index contributed by atoms with van der Waals surface area (Å²) >= 11 is 0. The fourth-order valence-corrected chi connectivity index (χ4v) is 2.66. The molecule has 0 aliphatic carbocycles. The summed E-state index contributed by atoms with van der Waals surface area (Å²) < 4.78 is 5.51. The van der Waals surface area contributed by atoms with Crippen LogP contribution >= 0.6 is 0 Å². The maximum absolute atomic E-state index is 11.1. The zero-order chi connectivity index (χ0) is 18.4. The first-order chi connectivity index (χ1) is 11.8. The smallest absolute Gasteiger partial charge is 0.347 e. The van der Waals surface area contributed by atoms with Crippen LogP contribution in [0, 0.1) is 13.8 Å². The molecule has 0 aliphatic rings. The summed E-state index contributed by atoms with van der Waals surface area (Å²) in [6.07, 6.45) is 1.98. The van der Waals surface area contributed by atoms with E-state index in [0.717, 1.165) is 25.1 Å². The van der Waals surface area contributed by atoms with Gasteiger partial charge >= 0.3 is 5.97 Å². The molecule has 2 aromatic carbocycles. The van der Waals surface area contributed by atoms with Crippen LogP contribution in [0.25, 0.3) is 0 Å². The molecule has 2 N–H and O–H groups in total. The number of rotatable bonds is 8. The van der Waals surface area contributed by atoms with Gasteiger partial charge in [0.1, 0.15) is 5.75 Å². The van der Waals surface area contributed by atoms with Crippen molar-refractivity contribution in [2.75, 3.05) is 11.9 Å². The van der Waals surface area contributed by atoms with Crippen LogP contribution in [0.4, 0.5) is 5.69 Å². The number of hydrogen-bond donors (Lipinski definition) is 2. The van der Waals surface area contributed by atoms with E-state index >= 15 is 0 Å². The highest BCUT2D eigenvalue weighted by Gasteiger charge is 2.29. The number of aliphatic carboxylic acids is 1. The Bertz CT molecular complexity index is 700. The zero-order valence-electron chi connectivity index (χ0n) is 15.4. The first-order valence-electron chi connectivity index (χ1n) is 8.60. The lowest BCUT2D eigenvalue weighted by Crippen LogP contribution is -2.37. The molecule has 0 fully saturated rings. The predicted molar refractivity (Wildman–Crippen MR) is 102 cm³/mol. The molecule has 0 atom stereocenters. The first kappa shape index (κ1) is 18.8. The van der Waals surface area contributed by atoms with Gasteiger partial charge in [0.25, 0.3) is 0 Å². The van der Waals surface area contributed by atoms with Gasteiger partial charge in [-0.15, -0.1) is 0 Å². The Balaban J connectivity index is 1.80. The first-order valence-corrected chi connectivity index (χ1v) is 8.60. The minimum atomic E-state index is -1.22. The number of carbonyl (C=O) groups is 1. The minimum absolute atomic E-state index is 0.574. The molecule has 0 heterocycles. The Labute approximate surface area is 149 Å². The van der Waals surface area contributed by atoms with Crippen molar-refractivity contribution in [3.05, 3.63) is 59.2 Å². The third-order valence-corrected chi connectivity index (χ3v) is 4.00. The van der Waals surface area contributed by atoms with E-state index in [0.29, 0.717) is 5.75 Å². The summed E-state index contributed by atoms with van der Waals surface area (Å²) in [6.45, 7) is 8.21. The summed E-state index contributed by atoms with van der Waals surface area (Å²) in [5, 5.41) is 12.6. The lowest BCUT2D eigenvalue weighted by Gasteiger charge is -2.21. The predicted octanol–water partition coefficient (Wildman–Crippen LogP) is 4.59. The second-order valence-corrected chi connectivity index (χ2v) is 6.97. The Morgan fingerprint density at radius 1 is 1.08 bits per heavy atom. The van der Waals surface area contributed by atoms with Crippen LogP contribution in [0.2, 0.25) is 0 Å². The number of ether oxygens (including phenoxy) is 1. The highest BCUT2D eigenvalue weighted by molar-refractivity contribution is 5.76. The second kappa shape index (κ2) is 8.06. The van der Waals surface area contributed by atoms with E-state index in [1.807, 2.05) is 24.3 Å². The quantitative estimate of drug-likeness (QED) is 0.690.